The van der Waals surface area contributed by atoms with Crippen molar-refractivity contribution in [1.29, 1.82) is 0 Å². The van der Waals surface area contributed by atoms with Gasteiger partial charge >= 0.3 is 0 Å². The van der Waals surface area contributed by atoms with Crippen molar-refractivity contribution in [3.05, 3.63) is 55.2 Å². The van der Waals surface area contributed by atoms with Gasteiger partial charge in [0.1, 0.15) is 0 Å². The van der Waals surface area contributed by atoms with Gasteiger partial charge in [0.15, 0.2) is 11.6 Å². The van der Waals surface area contributed by atoms with Crippen molar-refractivity contribution in [1.82, 2.24) is 5.32 Å². The number of nitrogens with one attached hydrogen (secondary N) is 1. The first-order valence-electron chi connectivity index (χ1n) is 5.52. The highest BCUT2D eigenvalue weighted by atomic mass is 35.5. The van der Waals surface area contributed by atoms with Crippen LogP contribution in [0.25, 0.3) is 0 Å². The lowest BCUT2D eigenvalue weighted by molar-refractivity contribution is 0.482. The fourth-order valence-corrected chi connectivity index (χ4v) is 3.44. The molecule has 1 aromatic carbocycles. The smallest absolute Gasteiger partial charge is 0.164 e. The summed E-state index contributed by atoms with van der Waals surface area (Å²) in [5.41, 5.74) is 1.12. The second-order valence-electron chi connectivity index (χ2n) is 4.10. The molecule has 0 aliphatic heterocycles. The maximum Gasteiger partial charge on any atom is 0.164 e. The molecule has 19 heavy (non-hydrogen) atoms. The molecule has 1 unspecified atom stereocenters. The molecule has 0 saturated heterocycles. The van der Waals surface area contributed by atoms with Crippen LogP contribution in [0.3, 0.4) is 0 Å². The monoisotopic (exact) mass is 321 g/mol. The average molecular weight is 322 g/mol. The average Bonchev–Trinajstić information content (AvgIpc) is 2.69. The van der Waals surface area contributed by atoms with E-state index in [4.69, 9.17) is 23.2 Å². The fourth-order valence-electron chi connectivity index (χ4n) is 1.91. The summed E-state index contributed by atoms with van der Waals surface area (Å²) in [5.74, 6) is -1.70. The van der Waals surface area contributed by atoms with E-state index in [9.17, 15) is 8.78 Å². The Morgan fingerprint density at radius 2 is 1.84 bits per heavy atom. The van der Waals surface area contributed by atoms with E-state index < -0.39 is 17.7 Å². The number of hydrogen-bond acceptors (Lipinski definition) is 2. The van der Waals surface area contributed by atoms with E-state index in [0.717, 1.165) is 0 Å². The molecule has 0 saturated carbocycles. The molecule has 6 heteroatoms. The number of thiophene rings is 1. The van der Waals surface area contributed by atoms with E-state index in [-0.39, 0.29) is 11.1 Å². The van der Waals surface area contributed by atoms with Crippen molar-refractivity contribution >= 4 is 34.5 Å². The van der Waals surface area contributed by atoms with Gasteiger partial charge in [0.2, 0.25) is 0 Å². The molecule has 1 N–H and O–H groups in total. The third-order valence-electron chi connectivity index (χ3n) is 2.90. The van der Waals surface area contributed by atoms with Crippen LogP contribution in [0.5, 0.6) is 0 Å². The SMILES string of the molecule is CNC(c1cc(Cl)sc1Cl)c1ccc(C)c(F)c1F. The molecular weight excluding hydrogens is 311 g/mol. The van der Waals surface area contributed by atoms with Crippen molar-refractivity contribution in [2.24, 2.45) is 0 Å². The Labute approximate surface area is 124 Å². The third kappa shape index (κ3) is 2.77. The van der Waals surface area contributed by atoms with Crippen molar-refractivity contribution in [3.63, 3.8) is 0 Å². The predicted molar refractivity (Wildman–Crippen MR) is 76.3 cm³/mol. The summed E-state index contributed by atoms with van der Waals surface area (Å²) in [7, 11) is 1.66. The summed E-state index contributed by atoms with van der Waals surface area (Å²) in [5, 5.41) is 2.93. The first kappa shape index (κ1) is 14.7. The molecule has 1 nitrogen and oxygen atoms in total. The van der Waals surface area contributed by atoms with Crippen LogP contribution in [0, 0.1) is 18.6 Å². The van der Waals surface area contributed by atoms with E-state index in [2.05, 4.69) is 5.32 Å². The zero-order valence-corrected chi connectivity index (χ0v) is 12.6. The molecule has 0 fully saturated rings. The molecule has 0 radical (unpaired) electrons. The Hall–Kier alpha value is -0.680. The van der Waals surface area contributed by atoms with Crippen LogP contribution in [-0.2, 0) is 0 Å². The van der Waals surface area contributed by atoms with Gasteiger partial charge in [-0.1, -0.05) is 35.3 Å². The number of benzene rings is 1. The molecule has 1 atom stereocenters. The highest BCUT2D eigenvalue weighted by Crippen LogP contribution is 2.38. The summed E-state index contributed by atoms with van der Waals surface area (Å²) < 4.78 is 28.7. The lowest BCUT2D eigenvalue weighted by atomic mass is 9.99. The second-order valence-corrected chi connectivity index (χ2v) is 6.39. The Bertz CT molecular complexity index is 613. The molecule has 0 spiro atoms. The quantitative estimate of drug-likeness (QED) is 0.843. The standard InChI is InChI=1S/C13H11Cl2F2NS/c1-6-3-4-7(11(17)10(6)16)12(18-2)8-5-9(14)19-13(8)15/h3-5,12,18H,1-2H3. The van der Waals surface area contributed by atoms with Gasteiger partial charge in [-0.25, -0.2) is 8.78 Å². The normalized spacial score (nSPS) is 12.7. The Balaban J connectivity index is 2.54. The van der Waals surface area contributed by atoms with Gasteiger partial charge in [-0.15, -0.1) is 11.3 Å². The van der Waals surface area contributed by atoms with Crippen LogP contribution in [0.15, 0.2) is 18.2 Å². The summed E-state index contributed by atoms with van der Waals surface area (Å²) in [6.07, 6.45) is 0. The first-order valence-corrected chi connectivity index (χ1v) is 7.09. The highest BCUT2D eigenvalue weighted by Gasteiger charge is 2.23. The van der Waals surface area contributed by atoms with Crippen molar-refractivity contribution in [2.75, 3.05) is 7.05 Å². The van der Waals surface area contributed by atoms with E-state index in [0.29, 0.717) is 14.2 Å². The van der Waals surface area contributed by atoms with Gasteiger partial charge in [-0.05, 0) is 25.6 Å². The van der Waals surface area contributed by atoms with E-state index >= 15 is 0 Å². The molecule has 0 bridgehead atoms. The van der Waals surface area contributed by atoms with Crippen LogP contribution >= 0.6 is 34.5 Å². The van der Waals surface area contributed by atoms with Crippen LogP contribution in [0.4, 0.5) is 8.78 Å². The topological polar surface area (TPSA) is 12.0 Å². The van der Waals surface area contributed by atoms with Crippen LogP contribution in [0.2, 0.25) is 8.67 Å². The van der Waals surface area contributed by atoms with Crippen LogP contribution in [0.1, 0.15) is 22.7 Å². The van der Waals surface area contributed by atoms with Crippen molar-refractivity contribution < 1.29 is 8.78 Å². The predicted octanol–water partition coefficient (Wildman–Crippen LogP) is 4.95. The van der Waals surface area contributed by atoms with Gasteiger partial charge in [-0.3, -0.25) is 0 Å². The maximum absolute atomic E-state index is 14.0. The number of hydrogen-bond donors (Lipinski definition) is 1. The Morgan fingerprint density at radius 3 is 2.37 bits per heavy atom. The number of rotatable bonds is 3. The van der Waals surface area contributed by atoms with Gasteiger partial charge in [-0.2, -0.15) is 0 Å². The number of halogens is 4. The second kappa shape index (κ2) is 5.75. The van der Waals surface area contributed by atoms with E-state index in [1.165, 1.54) is 18.3 Å². The molecule has 2 aromatic rings. The molecule has 0 aliphatic carbocycles. The molecule has 2 rings (SSSR count). The van der Waals surface area contributed by atoms with Crippen molar-refractivity contribution in [2.45, 2.75) is 13.0 Å². The molecular formula is C13H11Cl2F2NS. The minimum absolute atomic E-state index is 0.210. The van der Waals surface area contributed by atoms with Gasteiger partial charge in [0.05, 0.1) is 14.7 Å². The van der Waals surface area contributed by atoms with Crippen LogP contribution < -0.4 is 5.32 Å². The van der Waals surface area contributed by atoms with Gasteiger partial charge in [0.25, 0.3) is 0 Å². The Kier molecular flexibility index (Phi) is 4.46. The first-order chi connectivity index (χ1) is 8.95. The van der Waals surface area contributed by atoms with E-state index in [1.807, 2.05) is 0 Å². The minimum Gasteiger partial charge on any atom is -0.309 e. The summed E-state index contributed by atoms with van der Waals surface area (Å²) >= 11 is 13.2. The summed E-state index contributed by atoms with van der Waals surface area (Å²) in [6, 6.07) is 4.22. The molecule has 1 aromatic heterocycles. The molecule has 102 valence electrons. The van der Waals surface area contributed by atoms with E-state index in [1.54, 1.807) is 25.2 Å². The fraction of sp³-hybridized carbons (Fsp3) is 0.231. The van der Waals surface area contributed by atoms with Crippen LogP contribution in [-0.4, -0.2) is 7.05 Å². The van der Waals surface area contributed by atoms with Gasteiger partial charge in [0, 0.05) is 11.1 Å². The minimum atomic E-state index is -0.863. The molecule has 0 aliphatic rings. The molecule has 0 amide bonds. The third-order valence-corrected chi connectivity index (χ3v) is 4.42. The highest BCUT2D eigenvalue weighted by molar-refractivity contribution is 7.20. The lowest BCUT2D eigenvalue weighted by Crippen LogP contribution is -2.19. The largest absolute Gasteiger partial charge is 0.309 e. The van der Waals surface area contributed by atoms with Gasteiger partial charge < -0.3 is 5.32 Å². The Morgan fingerprint density at radius 1 is 1.16 bits per heavy atom. The zero-order chi connectivity index (χ0) is 14.2. The maximum atomic E-state index is 14.0. The lowest BCUT2D eigenvalue weighted by Gasteiger charge is -2.17. The van der Waals surface area contributed by atoms with Crippen molar-refractivity contribution in [3.8, 4) is 0 Å². The molecule has 1 heterocycles. The summed E-state index contributed by atoms with van der Waals surface area (Å²) in [6.45, 7) is 1.52. The summed E-state index contributed by atoms with van der Waals surface area (Å²) in [4.78, 5) is 0. The number of aryl methyl sites for hydroxylation is 1. The zero-order valence-electron chi connectivity index (χ0n) is 10.2.